The van der Waals surface area contributed by atoms with E-state index in [1.54, 1.807) is 0 Å². The summed E-state index contributed by atoms with van der Waals surface area (Å²) >= 11 is 0. The topological polar surface area (TPSA) is 50.4 Å². The van der Waals surface area contributed by atoms with E-state index in [9.17, 15) is 4.79 Å². The Balaban J connectivity index is 2.24. The third-order valence-corrected chi connectivity index (χ3v) is 3.27. The van der Waals surface area contributed by atoms with Crippen LogP contribution in [0.25, 0.3) is 0 Å². The first-order chi connectivity index (χ1) is 8.44. The lowest BCUT2D eigenvalue weighted by Gasteiger charge is -2.33. The second-order valence-corrected chi connectivity index (χ2v) is 5.90. The number of carbonyl (C=O) groups excluding carboxylic acids is 1. The number of allylic oxidation sites excluding steroid dienone is 2. The summed E-state index contributed by atoms with van der Waals surface area (Å²) in [6.45, 7) is 7.99. The summed E-state index contributed by atoms with van der Waals surface area (Å²) < 4.78 is 5.59. The van der Waals surface area contributed by atoms with Crippen molar-refractivity contribution in [3.63, 3.8) is 0 Å². The molecule has 2 heterocycles. The largest absolute Gasteiger partial charge is 0.459 e. The third-order valence-electron chi connectivity index (χ3n) is 3.27. The van der Waals surface area contributed by atoms with Gasteiger partial charge in [-0.25, -0.2) is 0 Å². The van der Waals surface area contributed by atoms with Gasteiger partial charge in [0.2, 0.25) is 0 Å². The molecule has 2 rings (SSSR count). The average molecular weight is 250 g/mol. The summed E-state index contributed by atoms with van der Waals surface area (Å²) in [6, 6.07) is 0. The molecule has 1 atom stereocenters. The Kier molecular flexibility index (Phi) is 3.48. The maximum Gasteiger partial charge on any atom is 0.319 e. The molecule has 0 spiro atoms. The van der Waals surface area contributed by atoms with E-state index in [0.717, 1.165) is 25.2 Å². The van der Waals surface area contributed by atoms with Crippen molar-refractivity contribution in [2.75, 3.05) is 19.6 Å². The van der Waals surface area contributed by atoms with Crippen LogP contribution in [0.5, 0.6) is 0 Å². The summed E-state index contributed by atoms with van der Waals surface area (Å²) in [5.74, 6) is -0.131. The molecule has 0 aliphatic carbocycles. The normalized spacial score (nSPS) is 27.6. The van der Waals surface area contributed by atoms with E-state index in [0.29, 0.717) is 6.54 Å². The molecule has 0 unspecified atom stereocenters. The molecular formula is C14H22N2O2. The van der Waals surface area contributed by atoms with Crippen molar-refractivity contribution < 1.29 is 9.53 Å². The van der Waals surface area contributed by atoms with Crippen LogP contribution in [0.3, 0.4) is 0 Å². The zero-order chi connectivity index (χ0) is 13.2. The summed E-state index contributed by atoms with van der Waals surface area (Å²) in [7, 11) is 0. The minimum Gasteiger partial charge on any atom is -0.459 e. The van der Waals surface area contributed by atoms with Crippen molar-refractivity contribution in [1.29, 1.82) is 0 Å². The highest BCUT2D eigenvalue weighted by atomic mass is 16.6. The van der Waals surface area contributed by atoms with E-state index in [1.807, 2.05) is 39.0 Å². The lowest BCUT2D eigenvalue weighted by Crippen LogP contribution is -2.45. The van der Waals surface area contributed by atoms with E-state index in [2.05, 4.69) is 10.6 Å². The standard InChI is InChI=1S/C14H22N2O2/c1-13(2,3)18-12(17)14(7-9-15-10-14)11-6-4-5-8-16-11/h4-6,15-16H,7-10H2,1-3H3/t14-/m0/s1. The minimum absolute atomic E-state index is 0.131. The molecule has 0 aromatic carbocycles. The molecule has 0 saturated carbocycles. The Morgan fingerprint density at radius 1 is 1.44 bits per heavy atom. The van der Waals surface area contributed by atoms with Gasteiger partial charge in [-0.15, -0.1) is 0 Å². The minimum atomic E-state index is -0.544. The highest BCUT2D eigenvalue weighted by molar-refractivity contribution is 5.82. The van der Waals surface area contributed by atoms with Gasteiger partial charge in [-0.1, -0.05) is 12.2 Å². The van der Waals surface area contributed by atoms with Gasteiger partial charge < -0.3 is 15.4 Å². The van der Waals surface area contributed by atoms with Gasteiger partial charge in [0.1, 0.15) is 11.0 Å². The van der Waals surface area contributed by atoms with Crippen molar-refractivity contribution >= 4 is 5.97 Å². The quantitative estimate of drug-likeness (QED) is 0.726. The molecule has 2 N–H and O–H groups in total. The second-order valence-electron chi connectivity index (χ2n) is 5.90. The van der Waals surface area contributed by atoms with Gasteiger partial charge in [0.25, 0.3) is 0 Å². The SMILES string of the molecule is CC(C)(C)OC(=O)[C@@]1(C2=CC=CCN2)CCNC1. The number of ether oxygens (including phenoxy) is 1. The van der Waals surface area contributed by atoms with Crippen LogP contribution in [0.2, 0.25) is 0 Å². The van der Waals surface area contributed by atoms with Gasteiger partial charge >= 0.3 is 5.97 Å². The Bertz CT molecular complexity index is 385. The van der Waals surface area contributed by atoms with Crippen molar-refractivity contribution in [2.45, 2.75) is 32.8 Å². The predicted octanol–water partition coefficient (Wildman–Crippen LogP) is 1.35. The highest BCUT2D eigenvalue weighted by Crippen LogP contribution is 2.36. The van der Waals surface area contributed by atoms with E-state index >= 15 is 0 Å². The van der Waals surface area contributed by atoms with Gasteiger partial charge in [0.15, 0.2) is 0 Å². The lowest BCUT2D eigenvalue weighted by molar-refractivity contribution is -0.164. The first-order valence-electron chi connectivity index (χ1n) is 6.49. The zero-order valence-electron chi connectivity index (χ0n) is 11.4. The number of dihydropyridines is 1. The number of rotatable bonds is 2. The van der Waals surface area contributed by atoms with Crippen LogP contribution in [0.1, 0.15) is 27.2 Å². The van der Waals surface area contributed by atoms with Crippen LogP contribution in [-0.4, -0.2) is 31.2 Å². The van der Waals surface area contributed by atoms with Crippen LogP contribution < -0.4 is 10.6 Å². The maximum absolute atomic E-state index is 12.5. The van der Waals surface area contributed by atoms with E-state index in [1.165, 1.54) is 0 Å². The molecule has 100 valence electrons. The zero-order valence-corrected chi connectivity index (χ0v) is 11.4. The highest BCUT2D eigenvalue weighted by Gasteiger charge is 2.47. The molecule has 18 heavy (non-hydrogen) atoms. The molecule has 0 aromatic heterocycles. The Labute approximate surface area is 108 Å². The molecule has 0 aromatic rings. The van der Waals surface area contributed by atoms with Crippen LogP contribution in [-0.2, 0) is 9.53 Å². The molecule has 4 heteroatoms. The van der Waals surface area contributed by atoms with Crippen LogP contribution in [0.4, 0.5) is 0 Å². The number of esters is 1. The third kappa shape index (κ3) is 2.58. The van der Waals surface area contributed by atoms with Crippen molar-refractivity contribution in [2.24, 2.45) is 5.41 Å². The summed E-state index contributed by atoms with van der Waals surface area (Å²) in [5.41, 5.74) is -0.0141. The van der Waals surface area contributed by atoms with Crippen molar-refractivity contribution in [1.82, 2.24) is 10.6 Å². The van der Waals surface area contributed by atoms with Gasteiger partial charge in [-0.05, 0) is 39.8 Å². The fraction of sp³-hybridized carbons (Fsp3) is 0.643. The van der Waals surface area contributed by atoms with E-state index in [-0.39, 0.29) is 5.97 Å². The van der Waals surface area contributed by atoms with Crippen molar-refractivity contribution in [3.8, 4) is 0 Å². The first-order valence-corrected chi connectivity index (χ1v) is 6.49. The summed E-state index contributed by atoms with van der Waals surface area (Å²) in [5, 5.41) is 6.57. The van der Waals surface area contributed by atoms with Crippen molar-refractivity contribution in [3.05, 3.63) is 23.9 Å². The molecule has 0 amide bonds. The second kappa shape index (κ2) is 4.76. The fourth-order valence-corrected chi connectivity index (χ4v) is 2.37. The summed E-state index contributed by atoms with van der Waals surface area (Å²) in [6.07, 6.45) is 6.81. The Morgan fingerprint density at radius 2 is 2.22 bits per heavy atom. The van der Waals surface area contributed by atoms with Gasteiger partial charge in [0.05, 0.1) is 0 Å². The van der Waals surface area contributed by atoms with E-state index < -0.39 is 11.0 Å². The molecule has 0 bridgehead atoms. The molecule has 2 aliphatic heterocycles. The summed E-state index contributed by atoms with van der Waals surface area (Å²) in [4.78, 5) is 12.5. The average Bonchev–Trinajstić information content (AvgIpc) is 2.78. The molecule has 2 aliphatic rings. The molecule has 0 radical (unpaired) electrons. The lowest BCUT2D eigenvalue weighted by atomic mass is 9.82. The Morgan fingerprint density at radius 3 is 2.72 bits per heavy atom. The number of carbonyl (C=O) groups is 1. The van der Waals surface area contributed by atoms with Crippen LogP contribution >= 0.6 is 0 Å². The van der Waals surface area contributed by atoms with Crippen LogP contribution in [0.15, 0.2) is 23.9 Å². The van der Waals surface area contributed by atoms with Gasteiger partial charge in [0, 0.05) is 18.8 Å². The predicted molar refractivity (Wildman–Crippen MR) is 71.0 cm³/mol. The van der Waals surface area contributed by atoms with Crippen LogP contribution in [0, 0.1) is 5.41 Å². The number of hydrogen-bond donors (Lipinski definition) is 2. The smallest absolute Gasteiger partial charge is 0.319 e. The first kappa shape index (κ1) is 13.1. The molecular weight excluding hydrogens is 228 g/mol. The molecule has 1 fully saturated rings. The number of nitrogens with one attached hydrogen (secondary N) is 2. The molecule has 4 nitrogen and oxygen atoms in total. The fourth-order valence-electron chi connectivity index (χ4n) is 2.37. The van der Waals surface area contributed by atoms with Gasteiger partial charge in [-0.2, -0.15) is 0 Å². The Hall–Kier alpha value is -1.29. The maximum atomic E-state index is 12.5. The number of hydrogen-bond acceptors (Lipinski definition) is 4. The monoisotopic (exact) mass is 250 g/mol. The molecule has 1 saturated heterocycles. The van der Waals surface area contributed by atoms with E-state index in [4.69, 9.17) is 4.74 Å². The van der Waals surface area contributed by atoms with Gasteiger partial charge in [-0.3, -0.25) is 4.79 Å².